The number of ether oxygens (including phenoxy) is 4. The number of rotatable bonds is 83. The number of esters is 4. The number of aliphatic hydroxyl groups excluding tert-OH is 1. The molecule has 17 nitrogen and oxygen atoms in total. The smallest absolute Gasteiger partial charge is 0.462 e. The van der Waals surface area contributed by atoms with E-state index in [4.69, 9.17) is 37.0 Å². The van der Waals surface area contributed by atoms with Gasteiger partial charge in [0.25, 0.3) is 0 Å². The first-order chi connectivity index (χ1) is 49.9. The van der Waals surface area contributed by atoms with Crippen molar-refractivity contribution in [2.75, 3.05) is 39.6 Å². The Balaban J connectivity index is 5.24. The van der Waals surface area contributed by atoms with Crippen LogP contribution < -0.4 is 0 Å². The Morgan fingerprint density at radius 1 is 0.262 bits per heavy atom. The van der Waals surface area contributed by atoms with Crippen LogP contribution in [0.1, 0.15) is 446 Å². The van der Waals surface area contributed by atoms with E-state index in [0.717, 1.165) is 102 Å². The topological polar surface area (TPSA) is 237 Å². The molecule has 2 unspecified atom stereocenters. The summed E-state index contributed by atoms with van der Waals surface area (Å²) in [5.41, 5.74) is 0. The summed E-state index contributed by atoms with van der Waals surface area (Å²) in [6.45, 7) is 9.68. The van der Waals surface area contributed by atoms with Crippen molar-refractivity contribution < 1.29 is 80.2 Å². The second-order valence-electron chi connectivity index (χ2n) is 31.2. The van der Waals surface area contributed by atoms with Crippen molar-refractivity contribution in [3.63, 3.8) is 0 Å². The fourth-order valence-electron chi connectivity index (χ4n) is 13.1. The van der Waals surface area contributed by atoms with Gasteiger partial charge in [-0.05, 0) is 37.5 Å². The van der Waals surface area contributed by atoms with Crippen molar-refractivity contribution in [2.24, 2.45) is 11.8 Å². The zero-order chi connectivity index (χ0) is 75.6. The minimum absolute atomic E-state index is 0.108. The lowest BCUT2D eigenvalue weighted by atomic mass is 10.0. The molecule has 0 aromatic heterocycles. The van der Waals surface area contributed by atoms with Gasteiger partial charge in [0.2, 0.25) is 0 Å². The first-order valence-electron chi connectivity index (χ1n) is 43.5. The molecule has 5 atom stereocenters. The van der Waals surface area contributed by atoms with Crippen LogP contribution in [0, 0.1) is 11.8 Å². The van der Waals surface area contributed by atoms with E-state index in [9.17, 15) is 43.2 Å². The highest BCUT2D eigenvalue weighted by Gasteiger charge is 2.30. The summed E-state index contributed by atoms with van der Waals surface area (Å²) in [4.78, 5) is 73.2. The fraction of sp³-hybridized carbons (Fsp3) is 0.952. The SMILES string of the molecule is CCCCCCCCCCCCCCCCCCC(=O)OC[C@H](COP(=O)(O)OC[C@@H](O)COP(=O)(O)OC[C@@H](COC(=O)CCCCCCCCCCCC(C)C)OC(=O)CCCCCCCCCCCCCCCC)OC(=O)CCCCCCCCCCCCCCCCCCCCC(C)C. The zero-order valence-corrected chi connectivity index (χ0v) is 69.4. The third kappa shape index (κ3) is 78.0. The van der Waals surface area contributed by atoms with Gasteiger partial charge in [0.1, 0.15) is 19.3 Å². The molecule has 0 heterocycles. The van der Waals surface area contributed by atoms with E-state index in [0.29, 0.717) is 25.7 Å². The Hall–Kier alpha value is -1.94. The van der Waals surface area contributed by atoms with Crippen molar-refractivity contribution in [2.45, 2.75) is 464 Å². The van der Waals surface area contributed by atoms with E-state index in [1.54, 1.807) is 0 Å². The second kappa shape index (κ2) is 75.5. The summed E-state index contributed by atoms with van der Waals surface area (Å²) in [5, 5.41) is 10.7. The molecule has 0 aliphatic carbocycles. The zero-order valence-electron chi connectivity index (χ0n) is 67.6. The largest absolute Gasteiger partial charge is 0.472 e. The molecule has 0 rings (SSSR count). The third-order valence-electron chi connectivity index (χ3n) is 19.7. The second-order valence-corrected chi connectivity index (χ2v) is 34.1. The van der Waals surface area contributed by atoms with Gasteiger partial charge in [-0.3, -0.25) is 37.3 Å². The molecule has 0 aromatic rings. The Bertz CT molecular complexity index is 1980. The van der Waals surface area contributed by atoms with E-state index < -0.39 is 97.5 Å². The first kappa shape index (κ1) is 101. The Labute approximate surface area is 632 Å². The number of aliphatic hydroxyl groups is 1. The molecule has 0 bridgehead atoms. The number of hydrogen-bond donors (Lipinski definition) is 3. The van der Waals surface area contributed by atoms with Crippen molar-refractivity contribution in [1.29, 1.82) is 0 Å². The lowest BCUT2D eigenvalue weighted by molar-refractivity contribution is -0.161. The number of hydrogen-bond acceptors (Lipinski definition) is 15. The molecule has 0 aliphatic rings. The monoisotopic (exact) mass is 1510 g/mol. The minimum Gasteiger partial charge on any atom is -0.462 e. The highest BCUT2D eigenvalue weighted by atomic mass is 31.2. The highest BCUT2D eigenvalue weighted by Crippen LogP contribution is 2.45. The molecule has 19 heteroatoms. The number of carbonyl (C=O) groups is 4. The van der Waals surface area contributed by atoms with Gasteiger partial charge in [-0.15, -0.1) is 0 Å². The molecule has 0 amide bonds. The lowest BCUT2D eigenvalue weighted by Crippen LogP contribution is -2.30. The summed E-state index contributed by atoms with van der Waals surface area (Å²) in [7, 11) is -9.92. The van der Waals surface area contributed by atoms with E-state index in [1.807, 2.05) is 0 Å². The van der Waals surface area contributed by atoms with Gasteiger partial charge in [-0.1, -0.05) is 395 Å². The Kier molecular flexibility index (Phi) is 74.1. The number of phosphoric acid groups is 2. The minimum atomic E-state index is -4.96. The molecule has 0 radical (unpaired) electrons. The summed E-state index contributed by atoms with van der Waals surface area (Å²) in [6.07, 6.45) is 66.6. The molecular formula is C84H164O17P2. The van der Waals surface area contributed by atoms with E-state index in [1.165, 1.54) is 263 Å². The molecule has 0 aliphatic heterocycles. The summed E-state index contributed by atoms with van der Waals surface area (Å²) in [6, 6.07) is 0. The highest BCUT2D eigenvalue weighted by molar-refractivity contribution is 7.47. The molecule has 3 N–H and O–H groups in total. The Morgan fingerprint density at radius 3 is 0.660 bits per heavy atom. The molecule has 103 heavy (non-hydrogen) atoms. The molecular weight excluding hydrogens is 1340 g/mol. The van der Waals surface area contributed by atoms with Crippen LogP contribution in [0.2, 0.25) is 0 Å². The maximum absolute atomic E-state index is 13.1. The predicted molar refractivity (Wildman–Crippen MR) is 423 cm³/mol. The molecule has 0 saturated carbocycles. The van der Waals surface area contributed by atoms with Crippen molar-refractivity contribution in [1.82, 2.24) is 0 Å². The van der Waals surface area contributed by atoms with Gasteiger partial charge >= 0.3 is 39.5 Å². The van der Waals surface area contributed by atoms with Crippen LogP contribution in [0.3, 0.4) is 0 Å². The van der Waals surface area contributed by atoms with Crippen LogP contribution in [0.15, 0.2) is 0 Å². The molecule has 0 aromatic carbocycles. The van der Waals surface area contributed by atoms with Crippen molar-refractivity contribution in [3.05, 3.63) is 0 Å². The number of carbonyl (C=O) groups excluding carboxylic acids is 4. The standard InChI is InChI=1S/C84H164O17P2/c1-7-9-11-13-15-17-19-21-23-29-33-36-42-48-54-60-66-81(86)94-72-79(100-84(89)69-63-57-51-44-38-34-30-27-25-24-26-28-31-35-40-46-52-58-64-76(3)4)74-98-102(90,91)96-70-78(85)71-97-103(92,93)99-75-80(73-95-82(87)67-61-55-49-45-39-41-47-53-59-65-77(5)6)101-83(88)68-62-56-50-43-37-32-22-20-18-16-14-12-10-8-2/h76-80,85H,7-75H2,1-6H3,(H,90,91)(H,92,93)/t78-,79-,80-/m1/s1. The summed E-state index contributed by atoms with van der Waals surface area (Å²) in [5.74, 6) is -0.538. The average molecular weight is 1510 g/mol. The van der Waals surface area contributed by atoms with Gasteiger partial charge < -0.3 is 33.8 Å². The molecule has 0 fully saturated rings. The summed E-state index contributed by atoms with van der Waals surface area (Å²) >= 11 is 0. The molecule has 612 valence electrons. The molecule has 0 spiro atoms. The van der Waals surface area contributed by atoms with Crippen molar-refractivity contribution >= 4 is 39.5 Å². The van der Waals surface area contributed by atoms with Crippen LogP contribution >= 0.6 is 15.6 Å². The third-order valence-corrected chi connectivity index (χ3v) is 21.6. The number of phosphoric ester groups is 2. The molecule has 0 saturated heterocycles. The van der Waals surface area contributed by atoms with E-state index in [2.05, 4.69) is 41.5 Å². The lowest BCUT2D eigenvalue weighted by Gasteiger charge is -2.21. The van der Waals surface area contributed by atoms with Crippen LogP contribution in [0.4, 0.5) is 0 Å². The maximum atomic E-state index is 13.1. The van der Waals surface area contributed by atoms with E-state index in [-0.39, 0.29) is 25.7 Å². The predicted octanol–water partition coefficient (Wildman–Crippen LogP) is 25.5. The normalized spacial score (nSPS) is 13.9. The van der Waals surface area contributed by atoms with Gasteiger partial charge in [0, 0.05) is 25.7 Å². The summed E-state index contributed by atoms with van der Waals surface area (Å²) < 4.78 is 68.8. The number of unbranched alkanes of at least 4 members (excludes halogenated alkanes) is 53. The van der Waals surface area contributed by atoms with Crippen molar-refractivity contribution in [3.8, 4) is 0 Å². The van der Waals surface area contributed by atoms with Crippen LogP contribution in [0.25, 0.3) is 0 Å². The first-order valence-corrected chi connectivity index (χ1v) is 46.5. The van der Waals surface area contributed by atoms with Gasteiger partial charge in [-0.2, -0.15) is 0 Å². The average Bonchev–Trinajstić information content (AvgIpc) is 0.922. The van der Waals surface area contributed by atoms with Gasteiger partial charge in [0.05, 0.1) is 26.4 Å². The Morgan fingerprint density at radius 2 is 0.447 bits per heavy atom. The maximum Gasteiger partial charge on any atom is 0.472 e. The van der Waals surface area contributed by atoms with Crippen LogP contribution in [-0.4, -0.2) is 96.7 Å². The fourth-order valence-corrected chi connectivity index (χ4v) is 14.6. The van der Waals surface area contributed by atoms with Crippen LogP contribution in [-0.2, 0) is 65.4 Å². The quantitative estimate of drug-likeness (QED) is 0.0222. The van der Waals surface area contributed by atoms with Crippen LogP contribution in [0.5, 0.6) is 0 Å². The van der Waals surface area contributed by atoms with Gasteiger partial charge in [0.15, 0.2) is 12.2 Å². The van der Waals surface area contributed by atoms with Gasteiger partial charge in [-0.25, -0.2) is 9.13 Å². The van der Waals surface area contributed by atoms with E-state index >= 15 is 0 Å².